The fourth-order valence-corrected chi connectivity index (χ4v) is 1.52. The highest BCUT2D eigenvalue weighted by Gasteiger charge is 2.22. The lowest BCUT2D eigenvalue weighted by molar-refractivity contribution is 0.00697. The van der Waals surface area contributed by atoms with Crippen LogP contribution in [0.3, 0.4) is 0 Å². The Morgan fingerprint density at radius 3 is 2.44 bits per heavy atom. The van der Waals surface area contributed by atoms with Gasteiger partial charge in [0.1, 0.15) is 5.60 Å². The minimum absolute atomic E-state index is 0.301. The van der Waals surface area contributed by atoms with Crippen molar-refractivity contribution in [1.82, 2.24) is 0 Å². The van der Waals surface area contributed by atoms with Crippen molar-refractivity contribution < 1.29 is 9.53 Å². The number of carbonyl (C=O) groups excluding carboxylic acids is 1. The summed E-state index contributed by atoms with van der Waals surface area (Å²) in [6.45, 7) is 9.09. The van der Waals surface area contributed by atoms with Crippen molar-refractivity contribution in [2.75, 3.05) is 0 Å². The molecule has 0 spiro atoms. The summed E-state index contributed by atoms with van der Waals surface area (Å²) in [5.41, 5.74) is 10.3. The molecule has 5 nitrogen and oxygen atoms in total. The van der Waals surface area contributed by atoms with Gasteiger partial charge < -0.3 is 4.74 Å². The zero-order valence-electron chi connectivity index (χ0n) is 11.3. The second kappa shape index (κ2) is 5.10. The van der Waals surface area contributed by atoms with Crippen LogP contribution in [0.15, 0.2) is 17.2 Å². The first-order chi connectivity index (χ1) is 8.26. The number of ether oxygens (including phenoxy) is 1. The van der Waals surface area contributed by atoms with Crippen LogP contribution in [-0.2, 0) is 4.74 Å². The monoisotopic (exact) mass is 247 g/mol. The molecule has 5 heteroatoms. The molecule has 0 aliphatic rings. The quantitative estimate of drug-likeness (QED) is 0.340. The maximum atomic E-state index is 12.1. The molecule has 0 saturated carbocycles. The molecule has 0 saturated heterocycles. The summed E-state index contributed by atoms with van der Waals surface area (Å²) in [7, 11) is 0. The van der Waals surface area contributed by atoms with Crippen LogP contribution in [0.4, 0.5) is 5.69 Å². The molecule has 0 N–H and O–H groups in total. The number of hydrogen-bond donors (Lipinski definition) is 0. The zero-order chi connectivity index (χ0) is 13.9. The maximum absolute atomic E-state index is 12.1. The third kappa shape index (κ3) is 3.25. The number of esters is 1. The average molecular weight is 247 g/mol. The highest BCUT2D eigenvalue weighted by atomic mass is 16.6. The van der Waals surface area contributed by atoms with Gasteiger partial charge in [0.15, 0.2) is 0 Å². The Bertz CT molecular complexity index is 524. The van der Waals surface area contributed by atoms with E-state index in [0.717, 1.165) is 11.1 Å². The molecule has 0 heterocycles. The highest BCUT2D eigenvalue weighted by Crippen LogP contribution is 2.27. The van der Waals surface area contributed by atoms with Gasteiger partial charge in [0.05, 0.1) is 11.3 Å². The molecule has 0 atom stereocenters. The summed E-state index contributed by atoms with van der Waals surface area (Å²) >= 11 is 0. The Balaban J connectivity index is 3.32. The normalized spacial score (nSPS) is 10.7. The Kier molecular flexibility index (Phi) is 3.99. The lowest BCUT2D eigenvalue weighted by Crippen LogP contribution is -2.24. The molecule has 18 heavy (non-hydrogen) atoms. The molecular formula is C13H17N3O2. The van der Waals surface area contributed by atoms with Crippen LogP contribution < -0.4 is 0 Å². The second-order valence-corrected chi connectivity index (χ2v) is 5.09. The third-order valence-corrected chi connectivity index (χ3v) is 2.47. The van der Waals surface area contributed by atoms with Gasteiger partial charge in [-0.15, -0.1) is 0 Å². The van der Waals surface area contributed by atoms with Crippen molar-refractivity contribution in [2.24, 2.45) is 5.11 Å². The van der Waals surface area contributed by atoms with Crippen LogP contribution in [0.25, 0.3) is 10.4 Å². The Morgan fingerprint density at radius 1 is 1.33 bits per heavy atom. The van der Waals surface area contributed by atoms with Gasteiger partial charge >= 0.3 is 5.97 Å². The van der Waals surface area contributed by atoms with Crippen LogP contribution in [0.1, 0.15) is 42.3 Å². The van der Waals surface area contributed by atoms with E-state index in [2.05, 4.69) is 10.0 Å². The van der Waals surface area contributed by atoms with Gasteiger partial charge in [-0.25, -0.2) is 4.79 Å². The standard InChI is InChI=1S/C13H17N3O2/c1-8-6-7-10(15-16-14)11(9(8)2)12(17)18-13(3,4)5/h6-7H,1-5H3. The molecule has 0 aromatic heterocycles. The number of hydrogen-bond acceptors (Lipinski definition) is 3. The van der Waals surface area contributed by atoms with E-state index < -0.39 is 11.6 Å². The summed E-state index contributed by atoms with van der Waals surface area (Å²) in [6.07, 6.45) is 0. The number of benzene rings is 1. The van der Waals surface area contributed by atoms with E-state index in [0.29, 0.717) is 11.3 Å². The first kappa shape index (κ1) is 14.1. The summed E-state index contributed by atoms with van der Waals surface area (Å²) in [4.78, 5) is 14.9. The van der Waals surface area contributed by atoms with Gasteiger partial charge in [-0.3, -0.25) is 0 Å². The van der Waals surface area contributed by atoms with E-state index in [1.54, 1.807) is 26.8 Å². The smallest absolute Gasteiger partial charge is 0.339 e. The molecule has 0 bridgehead atoms. The predicted octanol–water partition coefficient (Wildman–Crippen LogP) is 4.20. The van der Waals surface area contributed by atoms with Crippen LogP contribution in [0, 0.1) is 13.8 Å². The highest BCUT2D eigenvalue weighted by molar-refractivity contribution is 5.97. The largest absolute Gasteiger partial charge is 0.456 e. The fourth-order valence-electron chi connectivity index (χ4n) is 1.52. The topological polar surface area (TPSA) is 75.1 Å². The van der Waals surface area contributed by atoms with Crippen molar-refractivity contribution >= 4 is 11.7 Å². The molecule has 1 aromatic rings. The number of azide groups is 1. The fraction of sp³-hybridized carbons (Fsp3) is 0.462. The molecule has 0 aliphatic heterocycles. The second-order valence-electron chi connectivity index (χ2n) is 5.09. The van der Waals surface area contributed by atoms with Crippen molar-refractivity contribution in [1.29, 1.82) is 0 Å². The molecule has 96 valence electrons. The van der Waals surface area contributed by atoms with Crippen LogP contribution in [0.2, 0.25) is 0 Å². The van der Waals surface area contributed by atoms with Gasteiger partial charge in [-0.05, 0) is 51.3 Å². The molecule has 1 rings (SSSR count). The number of aryl methyl sites for hydroxylation is 1. The van der Waals surface area contributed by atoms with E-state index in [4.69, 9.17) is 10.3 Å². The van der Waals surface area contributed by atoms with Crippen molar-refractivity contribution in [3.05, 3.63) is 39.3 Å². The van der Waals surface area contributed by atoms with Crippen LogP contribution >= 0.6 is 0 Å². The molecular weight excluding hydrogens is 230 g/mol. The number of rotatable bonds is 2. The van der Waals surface area contributed by atoms with Crippen molar-refractivity contribution in [2.45, 2.75) is 40.2 Å². The van der Waals surface area contributed by atoms with E-state index in [9.17, 15) is 4.79 Å². The summed E-state index contributed by atoms with van der Waals surface area (Å²) in [6, 6.07) is 3.44. The van der Waals surface area contributed by atoms with Gasteiger partial charge in [-0.1, -0.05) is 17.2 Å². The molecule has 0 fully saturated rings. The number of carbonyl (C=O) groups is 1. The van der Waals surface area contributed by atoms with Gasteiger partial charge in [0.2, 0.25) is 0 Å². The zero-order valence-corrected chi connectivity index (χ0v) is 11.3. The van der Waals surface area contributed by atoms with Gasteiger partial charge in [-0.2, -0.15) is 0 Å². The van der Waals surface area contributed by atoms with E-state index in [1.807, 2.05) is 19.9 Å². The summed E-state index contributed by atoms with van der Waals surface area (Å²) < 4.78 is 5.32. The number of nitrogens with zero attached hydrogens (tertiary/aromatic N) is 3. The van der Waals surface area contributed by atoms with Gasteiger partial charge in [0, 0.05) is 4.91 Å². The van der Waals surface area contributed by atoms with Gasteiger partial charge in [0.25, 0.3) is 0 Å². The molecule has 1 aromatic carbocycles. The molecule has 0 aliphatic carbocycles. The van der Waals surface area contributed by atoms with E-state index in [-0.39, 0.29) is 0 Å². The van der Waals surface area contributed by atoms with E-state index >= 15 is 0 Å². The molecule has 0 unspecified atom stereocenters. The lowest BCUT2D eigenvalue weighted by Gasteiger charge is -2.21. The van der Waals surface area contributed by atoms with Crippen LogP contribution in [0.5, 0.6) is 0 Å². The third-order valence-electron chi connectivity index (χ3n) is 2.47. The molecule has 0 radical (unpaired) electrons. The Labute approximate surface area is 106 Å². The maximum Gasteiger partial charge on any atom is 0.339 e. The Hall–Kier alpha value is -2.00. The summed E-state index contributed by atoms with van der Waals surface area (Å²) in [5, 5.41) is 3.54. The van der Waals surface area contributed by atoms with Crippen LogP contribution in [-0.4, -0.2) is 11.6 Å². The van der Waals surface area contributed by atoms with Crippen molar-refractivity contribution in [3.8, 4) is 0 Å². The minimum Gasteiger partial charge on any atom is -0.456 e. The van der Waals surface area contributed by atoms with Crippen molar-refractivity contribution in [3.63, 3.8) is 0 Å². The SMILES string of the molecule is Cc1ccc(N=[N+]=[N-])c(C(=O)OC(C)(C)C)c1C. The predicted molar refractivity (Wildman–Crippen MR) is 69.9 cm³/mol. The first-order valence-electron chi connectivity index (χ1n) is 5.65. The molecule has 0 amide bonds. The van der Waals surface area contributed by atoms with E-state index in [1.165, 1.54) is 0 Å². The summed E-state index contributed by atoms with van der Waals surface area (Å²) in [5.74, 6) is -0.467. The minimum atomic E-state index is -0.582. The Morgan fingerprint density at radius 2 is 1.94 bits per heavy atom. The lowest BCUT2D eigenvalue weighted by atomic mass is 10.0. The average Bonchev–Trinajstić information content (AvgIpc) is 2.21. The first-order valence-corrected chi connectivity index (χ1v) is 5.65.